The molecule has 1 aliphatic carbocycles. The van der Waals surface area contributed by atoms with Gasteiger partial charge in [0.25, 0.3) is 5.91 Å². The van der Waals surface area contributed by atoms with Crippen molar-refractivity contribution in [3.63, 3.8) is 0 Å². The SMILES string of the molecule is Cc1nnsc1C(=O)NCC1(c2ccc([C@@H](C)O)s2)CCCC1. The van der Waals surface area contributed by atoms with Crippen molar-refractivity contribution in [2.75, 3.05) is 6.54 Å². The molecule has 23 heavy (non-hydrogen) atoms. The number of aliphatic hydroxyl groups is 1. The van der Waals surface area contributed by atoms with E-state index in [1.165, 1.54) is 17.7 Å². The molecule has 2 N–H and O–H groups in total. The number of carbonyl (C=O) groups excluding carboxylic acids is 1. The van der Waals surface area contributed by atoms with Gasteiger partial charge in [0.05, 0.1) is 11.8 Å². The Morgan fingerprint density at radius 1 is 1.43 bits per heavy atom. The second-order valence-corrected chi connectivity index (χ2v) is 8.11. The van der Waals surface area contributed by atoms with E-state index in [0.29, 0.717) is 17.1 Å². The van der Waals surface area contributed by atoms with E-state index in [1.54, 1.807) is 25.2 Å². The van der Waals surface area contributed by atoms with Gasteiger partial charge in [0.15, 0.2) is 0 Å². The highest BCUT2D eigenvalue weighted by atomic mass is 32.1. The smallest absolute Gasteiger partial charge is 0.264 e. The number of hydrogen-bond acceptors (Lipinski definition) is 6. The number of nitrogens with zero attached hydrogens (tertiary/aromatic N) is 2. The summed E-state index contributed by atoms with van der Waals surface area (Å²) in [6.07, 6.45) is 4.07. The second-order valence-electron chi connectivity index (χ2n) is 6.24. The van der Waals surface area contributed by atoms with E-state index in [-0.39, 0.29) is 11.3 Å². The Balaban J connectivity index is 1.76. The van der Waals surface area contributed by atoms with Crippen LogP contribution in [0.5, 0.6) is 0 Å². The summed E-state index contributed by atoms with van der Waals surface area (Å²) < 4.78 is 3.83. The molecule has 2 aromatic heterocycles. The van der Waals surface area contributed by atoms with Gasteiger partial charge in [-0.1, -0.05) is 17.3 Å². The van der Waals surface area contributed by atoms with Crippen molar-refractivity contribution in [3.8, 4) is 0 Å². The molecule has 0 radical (unpaired) electrons. The Labute approximate surface area is 143 Å². The third kappa shape index (κ3) is 3.32. The molecule has 1 amide bonds. The van der Waals surface area contributed by atoms with Crippen LogP contribution in [0.15, 0.2) is 12.1 Å². The highest BCUT2D eigenvalue weighted by Gasteiger charge is 2.37. The molecule has 7 heteroatoms. The van der Waals surface area contributed by atoms with Crippen molar-refractivity contribution < 1.29 is 9.90 Å². The predicted octanol–water partition coefficient (Wildman–Crippen LogP) is 3.20. The van der Waals surface area contributed by atoms with Gasteiger partial charge >= 0.3 is 0 Å². The second kappa shape index (κ2) is 6.67. The van der Waals surface area contributed by atoms with E-state index in [1.807, 2.05) is 6.07 Å². The summed E-state index contributed by atoms with van der Waals surface area (Å²) >= 11 is 2.81. The van der Waals surface area contributed by atoms with Gasteiger partial charge in [-0.05, 0) is 50.4 Å². The average molecular weight is 351 g/mol. The molecule has 0 aromatic carbocycles. The summed E-state index contributed by atoms with van der Waals surface area (Å²) in [6, 6.07) is 4.12. The average Bonchev–Trinajstić information content (AvgIpc) is 3.25. The van der Waals surface area contributed by atoms with Crippen molar-refractivity contribution >= 4 is 28.8 Å². The molecule has 0 aliphatic heterocycles. The minimum atomic E-state index is -0.437. The topological polar surface area (TPSA) is 75.1 Å². The zero-order chi connectivity index (χ0) is 16.4. The number of rotatable bonds is 5. The minimum absolute atomic E-state index is 0.000508. The summed E-state index contributed by atoms with van der Waals surface area (Å²) in [5.74, 6) is -0.0870. The molecule has 1 atom stereocenters. The summed E-state index contributed by atoms with van der Waals surface area (Å²) in [5, 5.41) is 16.7. The van der Waals surface area contributed by atoms with Crippen LogP contribution in [-0.2, 0) is 5.41 Å². The minimum Gasteiger partial charge on any atom is -0.388 e. The first-order valence-corrected chi connectivity index (χ1v) is 9.46. The van der Waals surface area contributed by atoms with Crippen molar-refractivity contribution in [2.45, 2.75) is 51.0 Å². The van der Waals surface area contributed by atoms with Gasteiger partial charge in [-0.15, -0.1) is 16.4 Å². The van der Waals surface area contributed by atoms with E-state index < -0.39 is 6.10 Å². The molecule has 0 spiro atoms. The molecule has 1 saturated carbocycles. The molecule has 124 valence electrons. The lowest BCUT2D eigenvalue weighted by atomic mass is 9.84. The Morgan fingerprint density at radius 3 is 2.74 bits per heavy atom. The number of aromatic nitrogens is 2. The van der Waals surface area contributed by atoms with Crippen molar-refractivity contribution in [3.05, 3.63) is 32.5 Å². The maximum atomic E-state index is 12.4. The maximum Gasteiger partial charge on any atom is 0.264 e. The molecule has 0 bridgehead atoms. The Bertz CT molecular complexity index is 687. The highest BCUT2D eigenvalue weighted by molar-refractivity contribution is 7.12. The Hall–Kier alpha value is -1.31. The van der Waals surface area contributed by atoms with Gasteiger partial charge in [-0.3, -0.25) is 4.79 Å². The molecule has 3 rings (SSSR count). The van der Waals surface area contributed by atoms with Crippen LogP contribution in [0, 0.1) is 6.92 Å². The number of carbonyl (C=O) groups is 1. The Kier molecular flexibility index (Phi) is 4.79. The first-order valence-electron chi connectivity index (χ1n) is 7.87. The quantitative estimate of drug-likeness (QED) is 0.867. The lowest BCUT2D eigenvalue weighted by Gasteiger charge is -2.28. The summed E-state index contributed by atoms with van der Waals surface area (Å²) in [7, 11) is 0. The van der Waals surface area contributed by atoms with Crippen LogP contribution in [0.1, 0.15) is 63.8 Å². The molecule has 2 aromatic rings. The van der Waals surface area contributed by atoms with Gasteiger partial charge in [0, 0.05) is 21.7 Å². The van der Waals surface area contributed by atoms with Crippen LogP contribution in [-0.4, -0.2) is 27.1 Å². The van der Waals surface area contributed by atoms with Gasteiger partial charge in [-0.2, -0.15) is 0 Å². The predicted molar refractivity (Wildman–Crippen MR) is 92.1 cm³/mol. The zero-order valence-electron chi connectivity index (χ0n) is 13.3. The maximum absolute atomic E-state index is 12.4. The number of thiophene rings is 1. The van der Waals surface area contributed by atoms with Gasteiger partial charge < -0.3 is 10.4 Å². The van der Waals surface area contributed by atoms with Crippen LogP contribution < -0.4 is 5.32 Å². The summed E-state index contributed by atoms with van der Waals surface area (Å²) in [6.45, 7) is 4.22. The van der Waals surface area contributed by atoms with Crippen LogP contribution in [0.4, 0.5) is 0 Å². The lowest BCUT2D eigenvalue weighted by molar-refractivity contribution is 0.0946. The number of nitrogens with one attached hydrogen (secondary N) is 1. The van der Waals surface area contributed by atoms with Gasteiger partial charge in [0.2, 0.25) is 0 Å². The first-order chi connectivity index (χ1) is 11.0. The fraction of sp³-hybridized carbons (Fsp3) is 0.562. The summed E-state index contributed by atoms with van der Waals surface area (Å²) in [5.41, 5.74) is 0.680. The molecule has 5 nitrogen and oxygen atoms in total. The van der Waals surface area contributed by atoms with E-state index in [9.17, 15) is 9.90 Å². The fourth-order valence-electron chi connectivity index (χ4n) is 3.19. The van der Waals surface area contributed by atoms with Crippen molar-refractivity contribution in [1.29, 1.82) is 0 Å². The standard InChI is InChI=1S/C16H21N3O2S2/c1-10-14(23-19-18-10)15(21)17-9-16(7-3-4-8-16)13-6-5-12(22-13)11(2)20/h5-6,11,20H,3-4,7-9H2,1-2H3,(H,17,21)/t11-/m1/s1. The van der Waals surface area contributed by atoms with E-state index in [2.05, 4.69) is 21.0 Å². The fourth-order valence-corrected chi connectivity index (χ4v) is 4.96. The molecular formula is C16H21N3O2S2. The van der Waals surface area contributed by atoms with E-state index in [0.717, 1.165) is 29.3 Å². The number of hydrogen-bond donors (Lipinski definition) is 2. The molecule has 0 unspecified atom stereocenters. The van der Waals surface area contributed by atoms with Crippen LogP contribution in [0.25, 0.3) is 0 Å². The number of aryl methyl sites for hydroxylation is 1. The normalized spacial score (nSPS) is 18.0. The van der Waals surface area contributed by atoms with E-state index in [4.69, 9.17) is 0 Å². The third-order valence-corrected chi connectivity index (χ3v) is 6.90. The van der Waals surface area contributed by atoms with Crippen molar-refractivity contribution in [1.82, 2.24) is 14.9 Å². The number of amides is 1. The first kappa shape index (κ1) is 16.5. The van der Waals surface area contributed by atoms with Gasteiger partial charge in [-0.25, -0.2) is 0 Å². The summed E-state index contributed by atoms with van der Waals surface area (Å²) in [4.78, 5) is 15.2. The monoisotopic (exact) mass is 351 g/mol. The molecule has 1 fully saturated rings. The van der Waals surface area contributed by atoms with E-state index >= 15 is 0 Å². The molecule has 1 aliphatic rings. The molecule has 0 saturated heterocycles. The molecular weight excluding hydrogens is 330 g/mol. The highest BCUT2D eigenvalue weighted by Crippen LogP contribution is 2.44. The zero-order valence-corrected chi connectivity index (χ0v) is 15.0. The van der Waals surface area contributed by atoms with Crippen molar-refractivity contribution in [2.24, 2.45) is 0 Å². The Morgan fingerprint density at radius 2 is 2.17 bits per heavy atom. The molecule has 2 heterocycles. The van der Waals surface area contributed by atoms with Crippen LogP contribution in [0.3, 0.4) is 0 Å². The third-order valence-electron chi connectivity index (χ3n) is 4.57. The van der Waals surface area contributed by atoms with Crippen LogP contribution in [0.2, 0.25) is 0 Å². The van der Waals surface area contributed by atoms with Crippen LogP contribution >= 0.6 is 22.9 Å². The lowest BCUT2D eigenvalue weighted by Crippen LogP contribution is -2.38. The largest absolute Gasteiger partial charge is 0.388 e. The number of aliphatic hydroxyl groups excluding tert-OH is 1. The van der Waals surface area contributed by atoms with Gasteiger partial charge in [0.1, 0.15) is 4.88 Å².